The van der Waals surface area contributed by atoms with Crippen molar-refractivity contribution < 1.29 is 19.1 Å². The number of anilines is 1. The van der Waals surface area contributed by atoms with Gasteiger partial charge in [0.2, 0.25) is 5.91 Å². The summed E-state index contributed by atoms with van der Waals surface area (Å²) in [5, 5.41) is 0. The van der Waals surface area contributed by atoms with Gasteiger partial charge in [-0.2, -0.15) is 0 Å². The van der Waals surface area contributed by atoms with E-state index in [1.807, 2.05) is 36.4 Å². The summed E-state index contributed by atoms with van der Waals surface area (Å²) in [4.78, 5) is 26.5. The van der Waals surface area contributed by atoms with Gasteiger partial charge in [0.05, 0.1) is 12.7 Å². The lowest BCUT2D eigenvalue weighted by atomic mass is 10.0. The van der Waals surface area contributed by atoms with Crippen LogP contribution in [0.15, 0.2) is 78.9 Å². The molecular formula is C24H24N2O4. The van der Waals surface area contributed by atoms with E-state index in [-0.39, 0.29) is 18.1 Å². The van der Waals surface area contributed by atoms with Crippen LogP contribution in [0.1, 0.15) is 28.4 Å². The highest BCUT2D eigenvalue weighted by molar-refractivity contribution is 5.93. The minimum atomic E-state index is -0.531. The van der Waals surface area contributed by atoms with Gasteiger partial charge < -0.3 is 20.1 Å². The Balaban J connectivity index is 1.70. The number of hydrogen-bond donors (Lipinski definition) is 1. The number of rotatable bonds is 7. The molecule has 3 aromatic carbocycles. The van der Waals surface area contributed by atoms with E-state index in [2.05, 4.69) is 0 Å². The van der Waals surface area contributed by atoms with Crippen molar-refractivity contribution in [1.29, 1.82) is 0 Å². The van der Waals surface area contributed by atoms with Gasteiger partial charge in [0.1, 0.15) is 0 Å². The zero-order valence-electron chi connectivity index (χ0n) is 16.9. The SMILES string of the molecule is COc1cc(C(N)CC(=O)N(C)c2ccccc2)ccc1OC(=O)c1ccccc1. The summed E-state index contributed by atoms with van der Waals surface area (Å²) in [6, 6.07) is 22.6. The molecular weight excluding hydrogens is 380 g/mol. The molecule has 2 N–H and O–H groups in total. The Bertz CT molecular complexity index is 1010. The Kier molecular flexibility index (Phi) is 6.83. The number of nitrogens with two attached hydrogens (primary N) is 1. The molecule has 0 fully saturated rings. The van der Waals surface area contributed by atoms with E-state index in [4.69, 9.17) is 15.2 Å². The third-order valence-electron chi connectivity index (χ3n) is 4.74. The normalized spacial score (nSPS) is 11.4. The van der Waals surface area contributed by atoms with Crippen molar-refractivity contribution in [2.45, 2.75) is 12.5 Å². The number of carbonyl (C=O) groups excluding carboxylic acids is 2. The summed E-state index contributed by atoms with van der Waals surface area (Å²) < 4.78 is 10.8. The molecule has 0 aliphatic heterocycles. The second-order valence-electron chi connectivity index (χ2n) is 6.76. The van der Waals surface area contributed by atoms with E-state index in [0.29, 0.717) is 16.9 Å². The molecule has 0 bridgehead atoms. The molecule has 1 amide bonds. The van der Waals surface area contributed by atoms with Crippen molar-refractivity contribution in [2.24, 2.45) is 5.73 Å². The molecule has 3 rings (SSSR count). The predicted octanol–water partition coefficient (Wildman–Crippen LogP) is 3.97. The van der Waals surface area contributed by atoms with Crippen LogP contribution in [0.4, 0.5) is 5.69 Å². The highest BCUT2D eigenvalue weighted by atomic mass is 16.6. The lowest BCUT2D eigenvalue weighted by Crippen LogP contribution is -2.29. The van der Waals surface area contributed by atoms with Crippen molar-refractivity contribution in [2.75, 3.05) is 19.1 Å². The van der Waals surface area contributed by atoms with Crippen LogP contribution in [0.5, 0.6) is 11.5 Å². The number of nitrogens with zero attached hydrogens (tertiary/aromatic N) is 1. The van der Waals surface area contributed by atoms with Crippen LogP contribution >= 0.6 is 0 Å². The fraction of sp³-hybridized carbons (Fsp3) is 0.167. The monoisotopic (exact) mass is 404 g/mol. The number of carbonyl (C=O) groups is 2. The Morgan fingerprint density at radius 3 is 2.20 bits per heavy atom. The van der Waals surface area contributed by atoms with Gasteiger partial charge in [0.15, 0.2) is 11.5 Å². The topological polar surface area (TPSA) is 81.9 Å². The molecule has 0 aromatic heterocycles. The first kappa shape index (κ1) is 21.1. The molecule has 1 unspecified atom stereocenters. The van der Waals surface area contributed by atoms with Crippen molar-refractivity contribution in [1.82, 2.24) is 0 Å². The Hall–Kier alpha value is -3.64. The van der Waals surface area contributed by atoms with Crippen LogP contribution < -0.4 is 20.1 Å². The maximum Gasteiger partial charge on any atom is 0.343 e. The zero-order valence-corrected chi connectivity index (χ0v) is 16.9. The van der Waals surface area contributed by atoms with E-state index in [1.54, 1.807) is 54.4 Å². The smallest absolute Gasteiger partial charge is 0.343 e. The van der Waals surface area contributed by atoms with Crippen LogP contribution in [0, 0.1) is 0 Å². The minimum absolute atomic E-state index is 0.104. The third-order valence-corrected chi connectivity index (χ3v) is 4.74. The fourth-order valence-electron chi connectivity index (χ4n) is 2.97. The molecule has 0 aliphatic carbocycles. The predicted molar refractivity (Wildman–Crippen MR) is 116 cm³/mol. The number of para-hydroxylation sites is 1. The van der Waals surface area contributed by atoms with Gasteiger partial charge in [0, 0.05) is 25.2 Å². The average Bonchev–Trinajstić information content (AvgIpc) is 2.79. The van der Waals surface area contributed by atoms with Gasteiger partial charge in [-0.25, -0.2) is 4.79 Å². The van der Waals surface area contributed by atoms with Gasteiger partial charge in [-0.3, -0.25) is 4.79 Å². The maximum atomic E-state index is 12.6. The standard InChI is InChI=1S/C24H24N2O4/c1-26(19-11-7-4-8-12-19)23(27)16-20(25)18-13-14-21(22(15-18)29-2)30-24(28)17-9-5-3-6-10-17/h3-15,20H,16,25H2,1-2H3. The average molecular weight is 404 g/mol. The molecule has 30 heavy (non-hydrogen) atoms. The van der Waals surface area contributed by atoms with E-state index >= 15 is 0 Å². The number of benzene rings is 3. The van der Waals surface area contributed by atoms with Gasteiger partial charge in [-0.15, -0.1) is 0 Å². The first-order valence-corrected chi connectivity index (χ1v) is 9.52. The molecule has 3 aromatic rings. The Morgan fingerprint density at radius 1 is 0.933 bits per heavy atom. The zero-order chi connectivity index (χ0) is 21.5. The molecule has 0 saturated heterocycles. The van der Waals surface area contributed by atoms with E-state index in [1.165, 1.54) is 7.11 Å². The van der Waals surface area contributed by atoms with Crippen LogP contribution in [0.2, 0.25) is 0 Å². The first-order valence-electron chi connectivity index (χ1n) is 9.52. The third kappa shape index (κ3) is 5.04. The van der Waals surface area contributed by atoms with Gasteiger partial charge in [0.25, 0.3) is 0 Å². The van der Waals surface area contributed by atoms with Crippen LogP contribution in [-0.2, 0) is 4.79 Å². The van der Waals surface area contributed by atoms with Crippen molar-refractivity contribution >= 4 is 17.6 Å². The lowest BCUT2D eigenvalue weighted by molar-refractivity contribution is -0.118. The molecule has 6 nitrogen and oxygen atoms in total. The molecule has 154 valence electrons. The number of esters is 1. The first-order chi connectivity index (χ1) is 14.5. The van der Waals surface area contributed by atoms with Crippen molar-refractivity contribution in [3.05, 3.63) is 90.0 Å². The van der Waals surface area contributed by atoms with E-state index < -0.39 is 12.0 Å². The second-order valence-corrected chi connectivity index (χ2v) is 6.76. The Morgan fingerprint density at radius 2 is 1.57 bits per heavy atom. The van der Waals surface area contributed by atoms with E-state index in [0.717, 1.165) is 5.69 Å². The number of methoxy groups -OCH3 is 1. The summed E-state index contributed by atoms with van der Waals surface area (Å²) in [6.45, 7) is 0. The minimum Gasteiger partial charge on any atom is -0.493 e. The van der Waals surface area contributed by atoms with Gasteiger partial charge in [-0.1, -0.05) is 42.5 Å². The van der Waals surface area contributed by atoms with Gasteiger partial charge in [-0.05, 0) is 42.0 Å². The highest BCUT2D eigenvalue weighted by Gasteiger charge is 2.19. The van der Waals surface area contributed by atoms with Crippen molar-refractivity contribution in [3.63, 3.8) is 0 Å². The Labute approximate surface area is 175 Å². The summed E-state index contributed by atoms with van der Waals surface area (Å²) in [5.74, 6) is 0.0731. The molecule has 0 aliphatic rings. The summed E-state index contributed by atoms with van der Waals surface area (Å²) in [7, 11) is 3.20. The summed E-state index contributed by atoms with van der Waals surface area (Å²) in [5.41, 5.74) is 8.22. The number of amides is 1. The fourth-order valence-corrected chi connectivity index (χ4v) is 2.97. The molecule has 0 radical (unpaired) electrons. The molecule has 0 saturated carbocycles. The maximum absolute atomic E-state index is 12.6. The largest absolute Gasteiger partial charge is 0.493 e. The number of hydrogen-bond acceptors (Lipinski definition) is 5. The highest BCUT2D eigenvalue weighted by Crippen LogP contribution is 2.31. The second kappa shape index (κ2) is 9.71. The van der Waals surface area contributed by atoms with Crippen LogP contribution in [0.25, 0.3) is 0 Å². The quantitative estimate of drug-likeness (QED) is 0.476. The number of ether oxygens (including phenoxy) is 2. The van der Waals surface area contributed by atoms with Crippen molar-refractivity contribution in [3.8, 4) is 11.5 Å². The molecule has 0 spiro atoms. The molecule has 6 heteroatoms. The molecule has 1 atom stereocenters. The van der Waals surface area contributed by atoms with E-state index in [9.17, 15) is 9.59 Å². The summed E-state index contributed by atoms with van der Waals surface area (Å²) >= 11 is 0. The van der Waals surface area contributed by atoms with Gasteiger partial charge >= 0.3 is 5.97 Å². The van der Waals surface area contributed by atoms with Crippen LogP contribution in [-0.4, -0.2) is 26.0 Å². The lowest BCUT2D eigenvalue weighted by Gasteiger charge is -2.20. The molecule has 0 heterocycles. The summed E-state index contributed by atoms with van der Waals surface area (Å²) in [6.07, 6.45) is 0.123. The van der Waals surface area contributed by atoms with Crippen LogP contribution in [0.3, 0.4) is 0 Å².